The first-order valence-electron chi connectivity index (χ1n) is 6.62. The number of nitrogens with zero attached hydrogens (tertiary/aromatic N) is 1. The van der Waals surface area contributed by atoms with Crippen molar-refractivity contribution in [1.29, 1.82) is 0 Å². The second-order valence-electron chi connectivity index (χ2n) is 5.41. The molecule has 0 aromatic heterocycles. The Labute approximate surface area is 125 Å². The SMILES string of the molecule is CC(c1ccc(F)c(Cl)c1)N1CCC(O)(C(F)(F)F)CC1. The molecule has 1 atom stereocenters. The molecule has 1 unspecified atom stereocenters. The lowest BCUT2D eigenvalue weighted by molar-refractivity contribution is -0.273. The van der Waals surface area contributed by atoms with Gasteiger partial charge < -0.3 is 5.11 Å². The second kappa shape index (κ2) is 5.74. The monoisotopic (exact) mass is 325 g/mol. The highest BCUT2D eigenvalue weighted by molar-refractivity contribution is 6.30. The molecule has 1 heterocycles. The highest BCUT2D eigenvalue weighted by atomic mass is 35.5. The molecule has 118 valence electrons. The lowest BCUT2D eigenvalue weighted by Crippen LogP contribution is -2.53. The molecule has 0 amide bonds. The molecule has 0 bridgehead atoms. The molecule has 1 fully saturated rings. The Morgan fingerprint density at radius 2 is 1.86 bits per heavy atom. The van der Waals surface area contributed by atoms with Crippen molar-refractivity contribution in [1.82, 2.24) is 4.90 Å². The van der Waals surface area contributed by atoms with Gasteiger partial charge in [-0.2, -0.15) is 13.2 Å². The van der Waals surface area contributed by atoms with Gasteiger partial charge in [0.2, 0.25) is 0 Å². The number of aliphatic hydroxyl groups is 1. The molecule has 1 N–H and O–H groups in total. The first kappa shape index (κ1) is 16.5. The maximum Gasteiger partial charge on any atom is 0.417 e. The van der Waals surface area contributed by atoms with E-state index in [9.17, 15) is 22.7 Å². The van der Waals surface area contributed by atoms with Crippen LogP contribution in [0.1, 0.15) is 31.4 Å². The van der Waals surface area contributed by atoms with Crippen molar-refractivity contribution in [2.45, 2.75) is 37.6 Å². The zero-order valence-corrected chi connectivity index (χ0v) is 12.2. The predicted molar refractivity (Wildman–Crippen MR) is 71.6 cm³/mol. The molecule has 21 heavy (non-hydrogen) atoms. The van der Waals surface area contributed by atoms with Gasteiger partial charge in [-0.05, 0) is 37.5 Å². The van der Waals surface area contributed by atoms with Crippen molar-refractivity contribution in [3.63, 3.8) is 0 Å². The smallest absolute Gasteiger partial charge is 0.380 e. The fourth-order valence-electron chi connectivity index (χ4n) is 2.55. The van der Waals surface area contributed by atoms with Crippen LogP contribution < -0.4 is 0 Å². The number of hydrogen-bond acceptors (Lipinski definition) is 2. The van der Waals surface area contributed by atoms with Gasteiger partial charge >= 0.3 is 6.18 Å². The van der Waals surface area contributed by atoms with Gasteiger partial charge in [0.05, 0.1) is 5.02 Å². The van der Waals surface area contributed by atoms with E-state index in [4.69, 9.17) is 11.6 Å². The molecule has 0 aliphatic carbocycles. The van der Waals surface area contributed by atoms with Crippen LogP contribution in [0.4, 0.5) is 17.6 Å². The van der Waals surface area contributed by atoms with Gasteiger partial charge in [-0.15, -0.1) is 0 Å². The average Bonchev–Trinajstić information content (AvgIpc) is 2.41. The van der Waals surface area contributed by atoms with Crippen LogP contribution in [0.2, 0.25) is 5.02 Å². The van der Waals surface area contributed by atoms with Crippen LogP contribution in [0.3, 0.4) is 0 Å². The summed E-state index contributed by atoms with van der Waals surface area (Å²) in [7, 11) is 0. The number of likely N-dealkylation sites (tertiary alicyclic amines) is 1. The van der Waals surface area contributed by atoms with Crippen LogP contribution in [0.15, 0.2) is 18.2 Å². The highest BCUT2D eigenvalue weighted by Crippen LogP contribution is 2.40. The minimum atomic E-state index is -4.61. The molecule has 1 aliphatic heterocycles. The summed E-state index contributed by atoms with van der Waals surface area (Å²) >= 11 is 5.72. The molecule has 2 nitrogen and oxygen atoms in total. The van der Waals surface area contributed by atoms with E-state index >= 15 is 0 Å². The standard InChI is InChI=1S/C14H16ClF4NO/c1-9(10-2-3-12(16)11(15)8-10)20-6-4-13(21,5-7-20)14(17,18)19/h2-3,8-9,21H,4-7H2,1H3. The first-order chi connectivity index (χ1) is 9.64. The maximum absolute atomic E-state index is 13.1. The van der Waals surface area contributed by atoms with E-state index in [0.29, 0.717) is 0 Å². The quantitative estimate of drug-likeness (QED) is 0.833. The topological polar surface area (TPSA) is 23.5 Å². The van der Waals surface area contributed by atoms with Crippen molar-refractivity contribution in [2.24, 2.45) is 0 Å². The molecular formula is C14H16ClF4NO. The minimum absolute atomic E-state index is 0.0110. The third-order valence-electron chi connectivity index (χ3n) is 4.13. The van der Waals surface area contributed by atoms with Crippen molar-refractivity contribution in [3.05, 3.63) is 34.6 Å². The van der Waals surface area contributed by atoms with E-state index < -0.39 is 17.6 Å². The van der Waals surface area contributed by atoms with Gasteiger partial charge in [0.25, 0.3) is 0 Å². The highest BCUT2D eigenvalue weighted by Gasteiger charge is 2.54. The molecule has 1 aliphatic rings. The molecule has 7 heteroatoms. The molecule has 1 saturated heterocycles. The Morgan fingerprint density at radius 3 is 2.33 bits per heavy atom. The van der Waals surface area contributed by atoms with Gasteiger partial charge in [0.15, 0.2) is 5.60 Å². The predicted octanol–water partition coefficient (Wildman–Crippen LogP) is 3.93. The van der Waals surface area contributed by atoms with Gasteiger partial charge in [-0.3, -0.25) is 4.90 Å². The van der Waals surface area contributed by atoms with Crippen LogP contribution >= 0.6 is 11.6 Å². The fraction of sp³-hybridized carbons (Fsp3) is 0.571. The minimum Gasteiger partial charge on any atom is -0.380 e. The average molecular weight is 326 g/mol. The maximum atomic E-state index is 13.1. The third-order valence-corrected chi connectivity index (χ3v) is 4.42. The van der Waals surface area contributed by atoms with Crippen molar-refractivity contribution >= 4 is 11.6 Å². The van der Waals surface area contributed by atoms with Crippen LogP contribution in [0.5, 0.6) is 0 Å². The lowest BCUT2D eigenvalue weighted by atomic mass is 9.89. The number of benzene rings is 1. The number of halogens is 5. The first-order valence-corrected chi connectivity index (χ1v) is 7.00. The van der Waals surface area contributed by atoms with Gasteiger partial charge in [-0.25, -0.2) is 4.39 Å². The van der Waals surface area contributed by atoms with Crippen LogP contribution in [-0.4, -0.2) is 34.9 Å². The number of alkyl halides is 3. The Bertz CT molecular complexity index is 512. The van der Waals surface area contributed by atoms with E-state index in [0.717, 1.165) is 5.56 Å². The van der Waals surface area contributed by atoms with Crippen LogP contribution in [0, 0.1) is 5.82 Å². The van der Waals surface area contributed by atoms with E-state index in [-0.39, 0.29) is 37.0 Å². The molecule has 2 rings (SSSR count). The zero-order chi connectivity index (χ0) is 15.8. The van der Waals surface area contributed by atoms with Crippen LogP contribution in [-0.2, 0) is 0 Å². The van der Waals surface area contributed by atoms with Crippen molar-refractivity contribution in [3.8, 4) is 0 Å². The fourth-order valence-corrected chi connectivity index (χ4v) is 2.74. The number of rotatable bonds is 2. The summed E-state index contributed by atoms with van der Waals surface area (Å²) < 4.78 is 51.4. The molecule has 1 aromatic carbocycles. The third kappa shape index (κ3) is 3.33. The summed E-state index contributed by atoms with van der Waals surface area (Å²) in [5, 5.41) is 9.63. The summed E-state index contributed by atoms with van der Waals surface area (Å²) in [5.41, 5.74) is -1.87. The van der Waals surface area contributed by atoms with Crippen molar-refractivity contribution < 1.29 is 22.7 Å². The number of hydrogen-bond donors (Lipinski definition) is 1. The lowest BCUT2D eigenvalue weighted by Gasteiger charge is -2.41. The van der Waals surface area contributed by atoms with Crippen molar-refractivity contribution in [2.75, 3.05) is 13.1 Å². The van der Waals surface area contributed by atoms with Crippen LogP contribution in [0.25, 0.3) is 0 Å². The Morgan fingerprint density at radius 1 is 1.29 bits per heavy atom. The number of piperidine rings is 1. The van der Waals surface area contributed by atoms with E-state index in [1.54, 1.807) is 6.07 Å². The molecule has 1 aromatic rings. The largest absolute Gasteiger partial charge is 0.417 e. The van der Waals surface area contributed by atoms with Gasteiger partial charge in [0, 0.05) is 19.1 Å². The van der Waals surface area contributed by atoms with E-state index in [1.807, 2.05) is 11.8 Å². The summed E-state index contributed by atoms with van der Waals surface area (Å²) in [5.74, 6) is -0.530. The normalized spacial score (nSPS) is 21.3. The van der Waals surface area contributed by atoms with Gasteiger partial charge in [0.1, 0.15) is 5.82 Å². The molecular weight excluding hydrogens is 310 g/mol. The summed E-state index contributed by atoms with van der Waals surface area (Å²) in [4.78, 5) is 1.82. The van der Waals surface area contributed by atoms with Gasteiger partial charge in [-0.1, -0.05) is 17.7 Å². The second-order valence-corrected chi connectivity index (χ2v) is 5.82. The zero-order valence-electron chi connectivity index (χ0n) is 11.4. The molecule has 0 saturated carbocycles. The summed E-state index contributed by atoms with van der Waals surface area (Å²) in [6.07, 6.45) is -5.34. The molecule has 0 radical (unpaired) electrons. The summed E-state index contributed by atoms with van der Waals surface area (Å²) in [6, 6.07) is 4.09. The Hall–Kier alpha value is -0.850. The Balaban J connectivity index is 2.06. The van der Waals surface area contributed by atoms with E-state index in [2.05, 4.69) is 0 Å². The summed E-state index contributed by atoms with van der Waals surface area (Å²) in [6.45, 7) is 2.06. The Kier molecular flexibility index (Phi) is 4.52. The van der Waals surface area contributed by atoms with E-state index in [1.165, 1.54) is 12.1 Å². The molecule has 0 spiro atoms.